The molecule has 0 N–H and O–H groups in total. The van der Waals surface area contributed by atoms with Gasteiger partial charge in [0, 0.05) is 18.7 Å². The van der Waals surface area contributed by atoms with E-state index in [9.17, 15) is 4.79 Å². The van der Waals surface area contributed by atoms with Gasteiger partial charge in [0.05, 0.1) is 14.2 Å². The van der Waals surface area contributed by atoms with E-state index in [1.807, 2.05) is 11.0 Å². The first-order chi connectivity index (χ1) is 11.7. The summed E-state index contributed by atoms with van der Waals surface area (Å²) in [6.45, 7) is 1.57. The van der Waals surface area contributed by atoms with E-state index >= 15 is 0 Å². The summed E-state index contributed by atoms with van der Waals surface area (Å²) in [5, 5.41) is 0. The van der Waals surface area contributed by atoms with Crippen molar-refractivity contribution in [1.82, 2.24) is 4.90 Å². The molecule has 0 radical (unpaired) electrons. The maximum atomic E-state index is 12.7. The zero-order chi connectivity index (χ0) is 16.9. The number of carbonyl (C=O) groups is 1. The van der Waals surface area contributed by atoms with Gasteiger partial charge in [-0.1, -0.05) is 30.3 Å². The van der Waals surface area contributed by atoms with Gasteiger partial charge < -0.3 is 14.4 Å². The first-order valence-corrected chi connectivity index (χ1v) is 8.29. The van der Waals surface area contributed by atoms with Crippen molar-refractivity contribution in [3.63, 3.8) is 0 Å². The smallest absolute Gasteiger partial charge is 0.253 e. The number of likely N-dealkylation sites (tertiary alicyclic amines) is 1. The highest BCUT2D eigenvalue weighted by molar-refractivity contribution is 5.95. The molecule has 24 heavy (non-hydrogen) atoms. The van der Waals surface area contributed by atoms with Crippen LogP contribution in [0, 0.1) is 0 Å². The average Bonchev–Trinajstić information content (AvgIpc) is 2.67. The Hall–Kier alpha value is -2.49. The van der Waals surface area contributed by atoms with Gasteiger partial charge in [-0.3, -0.25) is 4.79 Å². The molecular weight excluding hydrogens is 302 g/mol. The standard InChI is InChI=1S/C20H23NO3/c1-23-18-9-8-17(14-19(18)24-2)20(22)21-12-10-16(11-13-21)15-6-4-3-5-7-15/h3-9,14,16H,10-13H2,1-2H3. The molecule has 3 rings (SSSR count). The lowest BCUT2D eigenvalue weighted by Crippen LogP contribution is -2.37. The van der Waals surface area contributed by atoms with Crippen molar-refractivity contribution in [2.75, 3.05) is 27.3 Å². The summed E-state index contributed by atoms with van der Waals surface area (Å²) in [5.41, 5.74) is 2.02. The second kappa shape index (κ2) is 7.39. The minimum Gasteiger partial charge on any atom is -0.493 e. The molecule has 2 aromatic rings. The molecule has 0 spiro atoms. The highest BCUT2D eigenvalue weighted by Crippen LogP contribution is 2.31. The third kappa shape index (κ3) is 3.37. The number of amides is 1. The van der Waals surface area contributed by atoms with Crippen LogP contribution in [0.1, 0.15) is 34.7 Å². The normalized spacial score (nSPS) is 15.2. The zero-order valence-electron chi connectivity index (χ0n) is 14.2. The number of benzene rings is 2. The Kier molecular flexibility index (Phi) is 5.04. The number of nitrogens with zero attached hydrogens (tertiary/aromatic N) is 1. The molecule has 4 nitrogen and oxygen atoms in total. The van der Waals surface area contributed by atoms with Crippen LogP contribution in [0.2, 0.25) is 0 Å². The molecular formula is C20H23NO3. The van der Waals surface area contributed by atoms with Crippen molar-refractivity contribution in [2.45, 2.75) is 18.8 Å². The van der Waals surface area contributed by atoms with Gasteiger partial charge in [0.1, 0.15) is 0 Å². The predicted molar refractivity (Wildman–Crippen MR) is 93.9 cm³/mol. The summed E-state index contributed by atoms with van der Waals surface area (Å²) >= 11 is 0. The second-order valence-electron chi connectivity index (χ2n) is 6.05. The molecule has 1 aliphatic heterocycles. The molecule has 1 heterocycles. The highest BCUT2D eigenvalue weighted by Gasteiger charge is 2.25. The van der Waals surface area contributed by atoms with Gasteiger partial charge in [0.15, 0.2) is 11.5 Å². The molecule has 0 aromatic heterocycles. The quantitative estimate of drug-likeness (QED) is 0.860. The third-order valence-corrected chi connectivity index (χ3v) is 4.68. The van der Waals surface area contributed by atoms with Gasteiger partial charge in [0.25, 0.3) is 5.91 Å². The first-order valence-electron chi connectivity index (χ1n) is 8.29. The summed E-state index contributed by atoms with van der Waals surface area (Å²) in [7, 11) is 3.17. The maximum Gasteiger partial charge on any atom is 0.253 e. The van der Waals surface area contributed by atoms with E-state index in [1.54, 1.807) is 32.4 Å². The molecule has 2 aromatic carbocycles. The molecule has 1 fully saturated rings. The van der Waals surface area contributed by atoms with E-state index in [0.717, 1.165) is 25.9 Å². The number of rotatable bonds is 4. The van der Waals surface area contributed by atoms with Crippen molar-refractivity contribution in [2.24, 2.45) is 0 Å². The Morgan fingerprint density at radius 2 is 1.62 bits per heavy atom. The van der Waals surface area contributed by atoms with E-state index in [0.29, 0.717) is 23.0 Å². The van der Waals surface area contributed by atoms with Crippen LogP contribution in [0.4, 0.5) is 0 Å². The molecule has 0 atom stereocenters. The second-order valence-corrected chi connectivity index (χ2v) is 6.05. The Balaban J connectivity index is 1.67. The van der Waals surface area contributed by atoms with Crippen LogP contribution in [-0.4, -0.2) is 38.1 Å². The van der Waals surface area contributed by atoms with Gasteiger partial charge in [-0.05, 0) is 42.5 Å². The first kappa shape index (κ1) is 16.4. The Morgan fingerprint density at radius 1 is 0.958 bits per heavy atom. The van der Waals surface area contributed by atoms with Crippen LogP contribution in [0.5, 0.6) is 11.5 Å². The number of ether oxygens (including phenoxy) is 2. The van der Waals surface area contributed by atoms with E-state index in [4.69, 9.17) is 9.47 Å². The molecule has 1 saturated heterocycles. The molecule has 0 unspecified atom stereocenters. The fourth-order valence-electron chi connectivity index (χ4n) is 3.29. The molecule has 0 bridgehead atoms. The monoisotopic (exact) mass is 325 g/mol. The molecule has 0 saturated carbocycles. The van der Waals surface area contributed by atoms with E-state index < -0.39 is 0 Å². The van der Waals surface area contributed by atoms with Gasteiger partial charge in [-0.25, -0.2) is 0 Å². The lowest BCUT2D eigenvalue weighted by molar-refractivity contribution is 0.0712. The topological polar surface area (TPSA) is 38.8 Å². The maximum absolute atomic E-state index is 12.7. The van der Waals surface area contributed by atoms with Crippen LogP contribution in [0.25, 0.3) is 0 Å². The van der Waals surface area contributed by atoms with Crippen molar-refractivity contribution in [3.05, 3.63) is 59.7 Å². The van der Waals surface area contributed by atoms with Crippen LogP contribution in [-0.2, 0) is 0 Å². The number of hydrogen-bond donors (Lipinski definition) is 0. The minimum absolute atomic E-state index is 0.0578. The van der Waals surface area contributed by atoms with Crippen molar-refractivity contribution in [1.29, 1.82) is 0 Å². The van der Waals surface area contributed by atoms with E-state index in [2.05, 4.69) is 24.3 Å². The lowest BCUT2D eigenvalue weighted by atomic mass is 9.89. The summed E-state index contributed by atoms with van der Waals surface area (Å²) in [6, 6.07) is 15.9. The summed E-state index contributed by atoms with van der Waals surface area (Å²) < 4.78 is 10.5. The van der Waals surface area contributed by atoms with Gasteiger partial charge >= 0.3 is 0 Å². The number of carbonyl (C=O) groups excluding carboxylic acids is 1. The largest absolute Gasteiger partial charge is 0.493 e. The third-order valence-electron chi connectivity index (χ3n) is 4.68. The Bertz CT molecular complexity index is 691. The summed E-state index contributed by atoms with van der Waals surface area (Å²) in [5.74, 6) is 1.82. The molecule has 1 amide bonds. The van der Waals surface area contributed by atoms with Crippen LogP contribution < -0.4 is 9.47 Å². The fraction of sp³-hybridized carbons (Fsp3) is 0.350. The van der Waals surface area contributed by atoms with Gasteiger partial charge in [-0.2, -0.15) is 0 Å². The zero-order valence-corrected chi connectivity index (χ0v) is 14.2. The highest BCUT2D eigenvalue weighted by atomic mass is 16.5. The van der Waals surface area contributed by atoms with E-state index in [1.165, 1.54) is 5.56 Å². The number of hydrogen-bond acceptors (Lipinski definition) is 3. The fourth-order valence-corrected chi connectivity index (χ4v) is 3.29. The molecule has 4 heteroatoms. The lowest BCUT2D eigenvalue weighted by Gasteiger charge is -2.32. The molecule has 0 aliphatic carbocycles. The Morgan fingerprint density at radius 3 is 2.25 bits per heavy atom. The van der Waals surface area contributed by atoms with Gasteiger partial charge in [-0.15, -0.1) is 0 Å². The SMILES string of the molecule is COc1ccc(C(=O)N2CCC(c3ccccc3)CC2)cc1OC. The molecule has 126 valence electrons. The predicted octanol–water partition coefficient (Wildman–Crippen LogP) is 3.72. The van der Waals surface area contributed by atoms with E-state index in [-0.39, 0.29) is 5.91 Å². The summed E-state index contributed by atoms with van der Waals surface area (Å²) in [6.07, 6.45) is 2.01. The average molecular weight is 325 g/mol. The number of methoxy groups -OCH3 is 2. The minimum atomic E-state index is 0.0578. The Labute approximate surface area is 143 Å². The van der Waals surface area contributed by atoms with Crippen molar-refractivity contribution >= 4 is 5.91 Å². The molecule has 1 aliphatic rings. The number of piperidine rings is 1. The van der Waals surface area contributed by atoms with Crippen molar-refractivity contribution < 1.29 is 14.3 Å². The van der Waals surface area contributed by atoms with Gasteiger partial charge in [0.2, 0.25) is 0 Å². The van der Waals surface area contributed by atoms with Crippen molar-refractivity contribution in [3.8, 4) is 11.5 Å². The van der Waals surface area contributed by atoms with Crippen LogP contribution in [0.15, 0.2) is 48.5 Å². The summed E-state index contributed by atoms with van der Waals surface area (Å²) in [4.78, 5) is 14.7. The van der Waals surface area contributed by atoms with Crippen LogP contribution >= 0.6 is 0 Å². The van der Waals surface area contributed by atoms with Crippen LogP contribution in [0.3, 0.4) is 0 Å².